The molecule has 0 unspecified atom stereocenters. The predicted octanol–water partition coefficient (Wildman–Crippen LogP) is 4.77. The fraction of sp³-hybridized carbons (Fsp3) is 0.520. The predicted molar refractivity (Wildman–Crippen MR) is 121 cm³/mol. The van der Waals surface area contributed by atoms with Crippen molar-refractivity contribution in [1.82, 2.24) is 5.32 Å². The van der Waals surface area contributed by atoms with E-state index in [1.165, 1.54) is 16.8 Å². The average molecular weight is 397 g/mol. The van der Waals surface area contributed by atoms with Gasteiger partial charge in [-0.1, -0.05) is 30.3 Å². The van der Waals surface area contributed by atoms with Crippen LogP contribution in [0.2, 0.25) is 0 Å². The highest BCUT2D eigenvalue weighted by Gasteiger charge is 2.43. The van der Waals surface area contributed by atoms with Crippen LogP contribution in [0.25, 0.3) is 0 Å². The van der Waals surface area contributed by atoms with Gasteiger partial charge in [0, 0.05) is 43.9 Å². The van der Waals surface area contributed by atoms with Crippen LogP contribution in [0, 0.1) is 0 Å². The number of para-hydroxylation sites is 1. The van der Waals surface area contributed by atoms with Crippen molar-refractivity contribution in [3.05, 3.63) is 59.7 Å². The zero-order chi connectivity index (χ0) is 20.9. The molecule has 0 aliphatic carbocycles. The fourth-order valence-electron chi connectivity index (χ4n) is 4.61. The van der Waals surface area contributed by atoms with Crippen molar-refractivity contribution >= 4 is 5.69 Å². The minimum atomic E-state index is -0.124. The Labute approximate surface area is 176 Å². The van der Waals surface area contributed by atoms with Crippen molar-refractivity contribution in [2.45, 2.75) is 50.7 Å². The molecule has 2 aromatic rings. The van der Waals surface area contributed by atoms with Crippen LogP contribution in [0.4, 0.5) is 5.69 Å². The van der Waals surface area contributed by atoms with E-state index in [-0.39, 0.29) is 11.0 Å². The molecule has 29 heavy (non-hydrogen) atoms. The normalized spacial score (nSPS) is 21.0. The van der Waals surface area contributed by atoms with Crippen LogP contribution >= 0.6 is 0 Å². The Morgan fingerprint density at radius 1 is 1.07 bits per heavy atom. The van der Waals surface area contributed by atoms with Crippen LogP contribution in [0.15, 0.2) is 48.5 Å². The zero-order valence-electron chi connectivity index (χ0n) is 18.6. The second kappa shape index (κ2) is 9.19. The molecule has 0 aromatic heterocycles. The van der Waals surface area contributed by atoms with Gasteiger partial charge in [-0.2, -0.15) is 0 Å². The molecule has 158 valence electrons. The van der Waals surface area contributed by atoms with Gasteiger partial charge in [0.05, 0.1) is 12.7 Å². The maximum absolute atomic E-state index is 6.06. The van der Waals surface area contributed by atoms with Crippen molar-refractivity contribution in [2.75, 3.05) is 39.3 Å². The second-order valence-corrected chi connectivity index (χ2v) is 9.00. The lowest BCUT2D eigenvalue weighted by molar-refractivity contribution is -0.0843. The highest BCUT2D eigenvalue weighted by atomic mass is 16.5. The van der Waals surface area contributed by atoms with Gasteiger partial charge in [-0.05, 0) is 63.4 Å². The van der Waals surface area contributed by atoms with Crippen LogP contribution in [-0.4, -0.2) is 40.0 Å². The largest absolute Gasteiger partial charge is 0.496 e. The summed E-state index contributed by atoms with van der Waals surface area (Å²) in [6, 6.07) is 17.3. The summed E-state index contributed by atoms with van der Waals surface area (Å²) in [6.07, 6.45) is 3.09. The molecule has 0 spiro atoms. The van der Waals surface area contributed by atoms with Gasteiger partial charge >= 0.3 is 0 Å². The number of rotatable bonds is 8. The van der Waals surface area contributed by atoms with Gasteiger partial charge in [-0.15, -0.1) is 0 Å². The maximum atomic E-state index is 6.06. The first-order valence-corrected chi connectivity index (χ1v) is 10.6. The first kappa shape index (κ1) is 21.7. The van der Waals surface area contributed by atoms with Crippen LogP contribution in [0.3, 0.4) is 0 Å². The first-order chi connectivity index (χ1) is 13.9. The van der Waals surface area contributed by atoms with E-state index in [9.17, 15) is 0 Å². The van der Waals surface area contributed by atoms with Gasteiger partial charge in [-0.25, -0.2) is 0 Å². The minimum Gasteiger partial charge on any atom is -0.496 e. The molecule has 4 nitrogen and oxygen atoms in total. The summed E-state index contributed by atoms with van der Waals surface area (Å²) >= 11 is 0. The topological polar surface area (TPSA) is 33.7 Å². The summed E-state index contributed by atoms with van der Waals surface area (Å²) in [5.74, 6) is 0.990. The molecular formula is C25H36N2O2. The number of ether oxygens (including phenoxy) is 2. The van der Waals surface area contributed by atoms with E-state index in [0.717, 1.165) is 44.7 Å². The zero-order valence-corrected chi connectivity index (χ0v) is 18.6. The highest BCUT2D eigenvalue weighted by Crippen LogP contribution is 2.46. The molecule has 4 heteroatoms. The van der Waals surface area contributed by atoms with Crippen LogP contribution in [-0.2, 0) is 16.7 Å². The van der Waals surface area contributed by atoms with Crippen molar-refractivity contribution in [2.24, 2.45) is 0 Å². The van der Waals surface area contributed by atoms with Crippen molar-refractivity contribution in [3.63, 3.8) is 0 Å². The van der Waals surface area contributed by atoms with Gasteiger partial charge in [-0.3, -0.25) is 0 Å². The van der Waals surface area contributed by atoms with Gasteiger partial charge in [0.2, 0.25) is 0 Å². The first-order valence-electron chi connectivity index (χ1n) is 10.6. The van der Waals surface area contributed by atoms with E-state index in [1.807, 2.05) is 0 Å². The van der Waals surface area contributed by atoms with E-state index in [2.05, 4.69) is 86.7 Å². The maximum Gasteiger partial charge on any atom is 0.122 e. The molecule has 0 saturated carbocycles. The third-order valence-electron chi connectivity index (χ3n) is 6.08. The SMILES string of the molecule is COc1ccccc1[C@]1(CCNCc2ccc(N(C)C)cc2)CCOC(C)(C)C1. The van der Waals surface area contributed by atoms with Gasteiger partial charge in [0.1, 0.15) is 5.75 Å². The number of hydrogen-bond donors (Lipinski definition) is 1. The molecular weight excluding hydrogens is 360 g/mol. The molecule has 0 bridgehead atoms. The third-order valence-corrected chi connectivity index (χ3v) is 6.08. The number of nitrogens with one attached hydrogen (secondary N) is 1. The van der Waals surface area contributed by atoms with E-state index in [0.29, 0.717) is 0 Å². The van der Waals surface area contributed by atoms with Crippen molar-refractivity contribution in [3.8, 4) is 5.75 Å². The lowest BCUT2D eigenvalue weighted by atomic mass is 9.67. The minimum absolute atomic E-state index is 0.0656. The Bertz CT molecular complexity index is 786. The van der Waals surface area contributed by atoms with E-state index in [1.54, 1.807) is 7.11 Å². The lowest BCUT2D eigenvalue weighted by Gasteiger charge is -2.46. The summed E-state index contributed by atoms with van der Waals surface area (Å²) in [6.45, 7) is 7.04. The van der Waals surface area contributed by atoms with Crippen LogP contribution in [0.1, 0.15) is 44.2 Å². The number of nitrogens with zero attached hydrogens (tertiary/aromatic N) is 1. The number of benzene rings is 2. The third kappa shape index (κ3) is 5.31. The summed E-state index contributed by atoms with van der Waals surface area (Å²) in [4.78, 5) is 2.13. The molecule has 0 radical (unpaired) electrons. The molecule has 1 saturated heterocycles. The van der Waals surface area contributed by atoms with Crippen molar-refractivity contribution < 1.29 is 9.47 Å². The van der Waals surface area contributed by atoms with Gasteiger partial charge in [0.25, 0.3) is 0 Å². The Balaban J connectivity index is 1.69. The fourth-order valence-corrected chi connectivity index (χ4v) is 4.61. The Morgan fingerprint density at radius 2 is 1.79 bits per heavy atom. The molecule has 2 aromatic carbocycles. The van der Waals surface area contributed by atoms with Crippen LogP contribution < -0.4 is 15.0 Å². The lowest BCUT2D eigenvalue weighted by Crippen LogP contribution is -2.45. The molecule has 0 amide bonds. The molecule has 1 aliphatic rings. The molecule has 1 N–H and O–H groups in total. The summed E-state index contributed by atoms with van der Waals surface area (Å²) in [5, 5.41) is 3.66. The van der Waals surface area contributed by atoms with E-state index >= 15 is 0 Å². The molecule has 1 aliphatic heterocycles. The van der Waals surface area contributed by atoms with Gasteiger partial charge in [0.15, 0.2) is 0 Å². The van der Waals surface area contributed by atoms with Crippen molar-refractivity contribution in [1.29, 1.82) is 0 Å². The molecule has 3 rings (SSSR count). The smallest absolute Gasteiger partial charge is 0.122 e. The Hall–Kier alpha value is -2.04. The van der Waals surface area contributed by atoms with Crippen LogP contribution in [0.5, 0.6) is 5.75 Å². The molecule has 1 atom stereocenters. The standard InChI is InChI=1S/C25H36N2O2/c1-24(2)19-25(15-17-29-24,22-8-6-7-9-23(22)28-5)14-16-26-18-20-10-12-21(13-11-20)27(3)4/h6-13,26H,14-19H2,1-5H3/t25-/m1/s1. The van der Waals surface area contributed by atoms with E-state index in [4.69, 9.17) is 9.47 Å². The second-order valence-electron chi connectivity index (χ2n) is 9.00. The number of anilines is 1. The highest BCUT2D eigenvalue weighted by molar-refractivity contribution is 5.46. The molecule has 1 fully saturated rings. The van der Waals surface area contributed by atoms with E-state index < -0.39 is 0 Å². The molecule has 1 heterocycles. The Kier molecular flexibility index (Phi) is 6.86. The summed E-state index contributed by atoms with van der Waals surface area (Å²) in [7, 11) is 5.91. The monoisotopic (exact) mass is 396 g/mol. The number of methoxy groups -OCH3 is 1. The number of hydrogen-bond acceptors (Lipinski definition) is 4. The summed E-state index contributed by atoms with van der Waals surface area (Å²) < 4.78 is 11.8. The summed E-state index contributed by atoms with van der Waals surface area (Å²) in [5.41, 5.74) is 3.80. The quantitative estimate of drug-likeness (QED) is 0.652. The van der Waals surface area contributed by atoms with Gasteiger partial charge < -0.3 is 19.7 Å². The average Bonchev–Trinajstić information content (AvgIpc) is 2.71. The Morgan fingerprint density at radius 3 is 2.45 bits per heavy atom.